The van der Waals surface area contributed by atoms with Crippen molar-refractivity contribution in [1.29, 1.82) is 0 Å². The molecule has 3 aromatic carbocycles. The summed E-state index contributed by atoms with van der Waals surface area (Å²) in [6.45, 7) is 0.963. The number of benzene rings is 3. The van der Waals surface area contributed by atoms with Gasteiger partial charge in [0.2, 0.25) is 0 Å². The van der Waals surface area contributed by atoms with E-state index in [1.54, 1.807) is 19.2 Å². The first kappa shape index (κ1) is 19.9. The standard InChI is InChI=1S/C21H19IN2O4/c1-27-20-11-16(13-23-17-8-5-9-18(12-17)24(25)26)10-19(22)21(20)28-14-15-6-3-2-4-7-15/h2-12,23H,13-14H2,1H3. The summed E-state index contributed by atoms with van der Waals surface area (Å²) in [4.78, 5) is 10.5. The number of nitrogens with zero attached hydrogens (tertiary/aromatic N) is 1. The van der Waals surface area contributed by atoms with Crippen molar-refractivity contribution in [2.45, 2.75) is 13.2 Å². The van der Waals surface area contributed by atoms with Crippen molar-refractivity contribution in [3.63, 3.8) is 0 Å². The molecule has 0 saturated carbocycles. The zero-order valence-corrected chi connectivity index (χ0v) is 17.4. The molecule has 0 bridgehead atoms. The molecule has 0 heterocycles. The predicted molar refractivity (Wildman–Crippen MR) is 117 cm³/mol. The summed E-state index contributed by atoms with van der Waals surface area (Å²) in [5.74, 6) is 1.35. The first-order valence-electron chi connectivity index (χ1n) is 8.58. The number of nitrogens with one attached hydrogen (secondary N) is 1. The van der Waals surface area contributed by atoms with Crippen molar-refractivity contribution in [1.82, 2.24) is 0 Å². The maximum atomic E-state index is 10.9. The van der Waals surface area contributed by atoms with Gasteiger partial charge in [-0.1, -0.05) is 36.4 Å². The number of methoxy groups -OCH3 is 1. The highest BCUT2D eigenvalue weighted by molar-refractivity contribution is 14.1. The smallest absolute Gasteiger partial charge is 0.271 e. The van der Waals surface area contributed by atoms with Gasteiger partial charge in [-0.25, -0.2) is 0 Å². The van der Waals surface area contributed by atoms with Crippen LogP contribution in [0.5, 0.6) is 11.5 Å². The molecule has 0 aliphatic heterocycles. The van der Waals surface area contributed by atoms with E-state index in [9.17, 15) is 10.1 Å². The number of hydrogen-bond acceptors (Lipinski definition) is 5. The Morgan fingerprint density at radius 3 is 2.54 bits per heavy atom. The zero-order valence-electron chi connectivity index (χ0n) is 15.2. The number of halogens is 1. The van der Waals surface area contributed by atoms with Crippen molar-refractivity contribution in [3.05, 3.63) is 91.5 Å². The summed E-state index contributed by atoms with van der Waals surface area (Å²) in [5.41, 5.74) is 2.81. The lowest BCUT2D eigenvalue weighted by Gasteiger charge is -2.15. The van der Waals surface area contributed by atoms with E-state index < -0.39 is 4.92 Å². The van der Waals surface area contributed by atoms with Crippen LogP contribution in [0.2, 0.25) is 0 Å². The van der Waals surface area contributed by atoms with Gasteiger partial charge >= 0.3 is 0 Å². The number of anilines is 1. The molecule has 0 aliphatic rings. The lowest BCUT2D eigenvalue weighted by Crippen LogP contribution is -2.04. The summed E-state index contributed by atoms with van der Waals surface area (Å²) in [5, 5.41) is 14.1. The third kappa shape index (κ3) is 5.13. The molecule has 0 aromatic heterocycles. The van der Waals surface area contributed by atoms with Crippen LogP contribution in [0.25, 0.3) is 0 Å². The minimum atomic E-state index is -0.407. The van der Waals surface area contributed by atoms with Gasteiger partial charge in [-0.3, -0.25) is 10.1 Å². The average Bonchev–Trinajstić information content (AvgIpc) is 2.72. The lowest BCUT2D eigenvalue weighted by molar-refractivity contribution is -0.384. The summed E-state index contributed by atoms with van der Waals surface area (Å²) in [7, 11) is 1.61. The van der Waals surface area contributed by atoms with E-state index in [1.165, 1.54) is 12.1 Å². The average molecular weight is 490 g/mol. The lowest BCUT2D eigenvalue weighted by atomic mass is 10.2. The molecule has 0 fully saturated rings. The van der Waals surface area contributed by atoms with Crippen molar-refractivity contribution in [2.75, 3.05) is 12.4 Å². The predicted octanol–water partition coefficient (Wildman–Crippen LogP) is 5.40. The molecule has 0 amide bonds. The first-order chi connectivity index (χ1) is 13.6. The van der Waals surface area contributed by atoms with Gasteiger partial charge in [-0.15, -0.1) is 0 Å². The molecule has 6 nitrogen and oxygen atoms in total. The first-order valence-corrected chi connectivity index (χ1v) is 9.66. The van der Waals surface area contributed by atoms with Gasteiger partial charge < -0.3 is 14.8 Å². The maximum Gasteiger partial charge on any atom is 0.271 e. The third-order valence-corrected chi connectivity index (χ3v) is 4.87. The summed E-state index contributed by atoms with van der Waals surface area (Å²) < 4.78 is 12.4. The van der Waals surface area contributed by atoms with Crippen LogP contribution < -0.4 is 14.8 Å². The maximum absolute atomic E-state index is 10.9. The molecule has 0 radical (unpaired) electrons. The van der Waals surface area contributed by atoms with Crippen molar-refractivity contribution in [3.8, 4) is 11.5 Å². The largest absolute Gasteiger partial charge is 0.493 e. The highest BCUT2D eigenvalue weighted by Crippen LogP contribution is 2.35. The zero-order chi connectivity index (χ0) is 19.9. The second-order valence-electron chi connectivity index (χ2n) is 6.04. The van der Waals surface area contributed by atoms with E-state index in [-0.39, 0.29) is 5.69 Å². The number of non-ortho nitro benzene ring substituents is 1. The van der Waals surface area contributed by atoms with Crippen molar-refractivity contribution >= 4 is 34.0 Å². The number of nitro benzene ring substituents is 1. The van der Waals surface area contributed by atoms with Gasteiger partial charge in [0.25, 0.3) is 5.69 Å². The van der Waals surface area contributed by atoms with Gasteiger partial charge in [-0.2, -0.15) is 0 Å². The molecule has 0 unspecified atom stereocenters. The molecule has 0 spiro atoms. The van der Waals surface area contributed by atoms with Crippen molar-refractivity contribution < 1.29 is 14.4 Å². The Bertz CT molecular complexity index is 964. The molecule has 0 aliphatic carbocycles. The third-order valence-electron chi connectivity index (χ3n) is 4.07. The van der Waals surface area contributed by atoms with Crippen LogP contribution in [0, 0.1) is 13.7 Å². The van der Waals surface area contributed by atoms with Crippen LogP contribution >= 0.6 is 22.6 Å². The second kappa shape index (κ2) is 9.41. The molecule has 0 saturated heterocycles. The van der Waals surface area contributed by atoms with Gasteiger partial charge in [0.05, 0.1) is 15.6 Å². The minimum Gasteiger partial charge on any atom is -0.493 e. The van der Waals surface area contributed by atoms with Crippen LogP contribution in [0.4, 0.5) is 11.4 Å². The molecule has 28 heavy (non-hydrogen) atoms. The topological polar surface area (TPSA) is 73.6 Å². The number of rotatable bonds is 8. The van der Waals surface area contributed by atoms with Crippen molar-refractivity contribution in [2.24, 2.45) is 0 Å². The van der Waals surface area contributed by atoms with Gasteiger partial charge in [0, 0.05) is 24.4 Å². The van der Waals surface area contributed by atoms with Crippen LogP contribution in [-0.2, 0) is 13.2 Å². The minimum absolute atomic E-state index is 0.0572. The number of ether oxygens (including phenoxy) is 2. The van der Waals surface area contributed by atoms with E-state index >= 15 is 0 Å². The molecule has 7 heteroatoms. The Morgan fingerprint density at radius 1 is 1.04 bits per heavy atom. The van der Waals surface area contributed by atoms with Gasteiger partial charge in [0.1, 0.15) is 6.61 Å². The Kier molecular flexibility index (Phi) is 6.70. The Morgan fingerprint density at radius 2 is 1.82 bits per heavy atom. The normalized spacial score (nSPS) is 10.4. The molecule has 3 aromatic rings. The SMILES string of the molecule is COc1cc(CNc2cccc([N+](=O)[O-])c2)cc(I)c1OCc1ccccc1. The quantitative estimate of drug-likeness (QED) is 0.260. The van der Waals surface area contributed by atoms with E-state index in [2.05, 4.69) is 27.9 Å². The molecule has 0 atom stereocenters. The Balaban J connectivity index is 1.72. The molecule has 1 N–H and O–H groups in total. The number of hydrogen-bond donors (Lipinski definition) is 1. The van der Waals surface area contributed by atoms with Crippen LogP contribution in [0.3, 0.4) is 0 Å². The summed E-state index contributed by atoms with van der Waals surface area (Å²) >= 11 is 2.22. The second-order valence-corrected chi connectivity index (χ2v) is 7.21. The fourth-order valence-corrected chi connectivity index (χ4v) is 3.50. The van der Waals surface area contributed by atoms with E-state index in [4.69, 9.17) is 9.47 Å². The molecule has 3 rings (SSSR count). The molecule has 144 valence electrons. The van der Waals surface area contributed by atoms with Crippen LogP contribution in [-0.4, -0.2) is 12.0 Å². The van der Waals surface area contributed by atoms with E-state index in [1.807, 2.05) is 42.5 Å². The highest BCUT2D eigenvalue weighted by Gasteiger charge is 2.12. The fraction of sp³-hybridized carbons (Fsp3) is 0.143. The highest BCUT2D eigenvalue weighted by atomic mass is 127. The molecular weight excluding hydrogens is 471 g/mol. The molecular formula is C21H19IN2O4. The van der Waals surface area contributed by atoms with Crippen LogP contribution in [0.15, 0.2) is 66.7 Å². The monoisotopic (exact) mass is 490 g/mol. The summed E-state index contributed by atoms with van der Waals surface area (Å²) in [6.07, 6.45) is 0. The van der Waals surface area contributed by atoms with E-state index in [0.717, 1.165) is 14.7 Å². The number of nitro groups is 1. The fourth-order valence-electron chi connectivity index (χ4n) is 2.68. The van der Waals surface area contributed by atoms with Gasteiger partial charge in [0.15, 0.2) is 11.5 Å². The van der Waals surface area contributed by atoms with E-state index in [0.29, 0.717) is 30.3 Å². The Hall–Kier alpha value is -2.81. The Labute approximate surface area is 176 Å². The van der Waals surface area contributed by atoms with Crippen LogP contribution in [0.1, 0.15) is 11.1 Å². The summed E-state index contributed by atoms with van der Waals surface area (Å²) in [6, 6.07) is 20.3. The van der Waals surface area contributed by atoms with Gasteiger partial charge in [-0.05, 0) is 51.9 Å².